The number of nitrogens with zero attached hydrogens (tertiary/aromatic N) is 3. The smallest absolute Gasteiger partial charge is 0.159 e. The summed E-state index contributed by atoms with van der Waals surface area (Å²) in [7, 11) is 0. The highest BCUT2D eigenvalue weighted by atomic mass is 19.2. The van der Waals surface area contributed by atoms with Crippen molar-refractivity contribution in [1.29, 1.82) is 0 Å². The van der Waals surface area contributed by atoms with Gasteiger partial charge in [0.05, 0.1) is 11.2 Å². The first-order valence-corrected chi connectivity index (χ1v) is 10.2. The van der Waals surface area contributed by atoms with Crippen molar-refractivity contribution in [2.24, 2.45) is 0 Å². The van der Waals surface area contributed by atoms with Crippen LogP contribution in [0.4, 0.5) is 8.78 Å². The molecule has 0 radical (unpaired) electrons. The lowest BCUT2D eigenvalue weighted by Crippen LogP contribution is -2.61. The van der Waals surface area contributed by atoms with Crippen molar-refractivity contribution in [2.75, 3.05) is 39.4 Å². The highest BCUT2D eigenvalue weighted by molar-refractivity contribution is 5.18. The molecule has 1 unspecified atom stereocenters. The Bertz CT molecular complexity index is 807. The van der Waals surface area contributed by atoms with Crippen LogP contribution in [0.15, 0.2) is 42.6 Å². The molecule has 2 aliphatic heterocycles. The van der Waals surface area contributed by atoms with E-state index in [1.807, 2.05) is 18.2 Å². The monoisotopic (exact) mass is 403 g/mol. The average molecular weight is 403 g/mol. The SMILES string of the molecule is OC(c1ccccn1)C1(N2CCN(Cc3ccc(F)c(F)c3)CC2)CCOCC1. The first-order valence-electron chi connectivity index (χ1n) is 10.2. The molecule has 1 aromatic heterocycles. The van der Waals surface area contributed by atoms with Gasteiger partial charge < -0.3 is 9.84 Å². The standard InChI is InChI=1S/C22H27F2N3O2/c23-18-5-4-17(15-19(18)24)16-26-9-11-27(12-10-26)22(6-13-29-14-7-22)21(28)20-3-1-2-8-25-20/h1-5,8,15,21,28H,6-7,9-14,16H2. The zero-order valence-corrected chi connectivity index (χ0v) is 16.4. The van der Waals surface area contributed by atoms with Gasteiger partial charge in [0.2, 0.25) is 0 Å². The molecule has 3 heterocycles. The second kappa shape index (κ2) is 8.83. The molecule has 2 aliphatic rings. The Balaban J connectivity index is 1.45. The number of pyridine rings is 1. The maximum Gasteiger partial charge on any atom is 0.159 e. The molecule has 156 valence electrons. The van der Waals surface area contributed by atoms with E-state index >= 15 is 0 Å². The molecule has 2 saturated heterocycles. The fourth-order valence-electron chi connectivity index (χ4n) is 4.55. The number of rotatable bonds is 5. The Morgan fingerprint density at radius 3 is 2.45 bits per heavy atom. The van der Waals surface area contributed by atoms with Gasteiger partial charge in [-0.25, -0.2) is 8.78 Å². The van der Waals surface area contributed by atoms with Gasteiger partial charge in [0.1, 0.15) is 6.10 Å². The van der Waals surface area contributed by atoms with Gasteiger partial charge in [-0.3, -0.25) is 14.8 Å². The first-order chi connectivity index (χ1) is 14.1. The number of benzene rings is 1. The van der Waals surface area contributed by atoms with Gasteiger partial charge in [-0.15, -0.1) is 0 Å². The second-order valence-electron chi connectivity index (χ2n) is 7.88. The maximum absolute atomic E-state index is 13.5. The van der Waals surface area contributed by atoms with Crippen LogP contribution in [0.1, 0.15) is 30.2 Å². The largest absolute Gasteiger partial charge is 0.385 e. The van der Waals surface area contributed by atoms with Crippen molar-refractivity contribution < 1.29 is 18.6 Å². The molecule has 5 nitrogen and oxygen atoms in total. The van der Waals surface area contributed by atoms with Crippen LogP contribution in [0.25, 0.3) is 0 Å². The van der Waals surface area contributed by atoms with Crippen LogP contribution in [0.2, 0.25) is 0 Å². The summed E-state index contributed by atoms with van der Waals surface area (Å²) in [5.41, 5.74) is 1.07. The van der Waals surface area contributed by atoms with Gasteiger partial charge in [0, 0.05) is 52.1 Å². The number of aliphatic hydroxyl groups excluding tert-OH is 1. The van der Waals surface area contributed by atoms with Crippen molar-refractivity contribution in [1.82, 2.24) is 14.8 Å². The summed E-state index contributed by atoms with van der Waals surface area (Å²) in [5, 5.41) is 11.3. The lowest BCUT2D eigenvalue weighted by molar-refractivity contribution is -0.111. The van der Waals surface area contributed by atoms with Crippen LogP contribution in [0.5, 0.6) is 0 Å². The van der Waals surface area contributed by atoms with E-state index in [4.69, 9.17) is 4.74 Å². The number of ether oxygens (including phenoxy) is 1. The first kappa shape index (κ1) is 20.3. The number of piperazine rings is 1. The van der Waals surface area contributed by atoms with E-state index in [9.17, 15) is 13.9 Å². The van der Waals surface area contributed by atoms with Gasteiger partial charge in [-0.05, 0) is 42.7 Å². The molecule has 4 rings (SSSR count). The molecule has 2 fully saturated rings. The summed E-state index contributed by atoms with van der Waals surface area (Å²) in [4.78, 5) is 9.00. The summed E-state index contributed by atoms with van der Waals surface area (Å²) >= 11 is 0. The van der Waals surface area contributed by atoms with E-state index in [-0.39, 0.29) is 5.54 Å². The molecule has 1 aromatic carbocycles. The molecule has 1 atom stereocenters. The zero-order chi connectivity index (χ0) is 20.3. The minimum absolute atomic E-state index is 0.388. The van der Waals surface area contributed by atoms with E-state index in [2.05, 4.69) is 14.8 Å². The van der Waals surface area contributed by atoms with E-state index in [0.29, 0.717) is 25.5 Å². The summed E-state index contributed by atoms with van der Waals surface area (Å²) in [5.74, 6) is -1.62. The highest BCUT2D eigenvalue weighted by Gasteiger charge is 2.46. The van der Waals surface area contributed by atoms with Crippen LogP contribution in [-0.2, 0) is 11.3 Å². The minimum atomic E-state index is -0.816. The Kier molecular flexibility index (Phi) is 6.20. The molecular formula is C22H27F2N3O2. The third-order valence-electron chi connectivity index (χ3n) is 6.23. The maximum atomic E-state index is 13.5. The number of hydrogen-bond acceptors (Lipinski definition) is 5. The summed E-state index contributed by atoms with van der Waals surface area (Å²) in [6.07, 6.45) is 2.55. The predicted octanol–water partition coefficient (Wildman–Crippen LogP) is 2.76. The van der Waals surface area contributed by atoms with Crippen molar-refractivity contribution in [3.63, 3.8) is 0 Å². The van der Waals surface area contributed by atoms with Gasteiger partial charge in [-0.1, -0.05) is 12.1 Å². The topological polar surface area (TPSA) is 48.8 Å². The Morgan fingerprint density at radius 1 is 1.03 bits per heavy atom. The van der Waals surface area contributed by atoms with Crippen molar-refractivity contribution >= 4 is 0 Å². The van der Waals surface area contributed by atoms with Crippen molar-refractivity contribution in [2.45, 2.75) is 31.0 Å². The van der Waals surface area contributed by atoms with E-state index in [0.717, 1.165) is 44.6 Å². The third kappa shape index (κ3) is 4.33. The number of aromatic nitrogens is 1. The van der Waals surface area contributed by atoms with Gasteiger partial charge in [-0.2, -0.15) is 0 Å². The second-order valence-corrected chi connectivity index (χ2v) is 7.88. The molecule has 0 amide bonds. The number of halogens is 2. The molecule has 2 aromatic rings. The Morgan fingerprint density at radius 2 is 1.79 bits per heavy atom. The number of hydrogen-bond donors (Lipinski definition) is 1. The van der Waals surface area contributed by atoms with Crippen LogP contribution in [0.3, 0.4) is 0 Å². The zero-order valence-electron chi connectivity index (χ0n) is 16.4. The molecule has 29 heavy (non-hydrogen) atoms. The van der Waals surface area contributed by atoms with Crippen molar-refractivity contribution in [3.05, 3.63) is 65.5 Å². The lowest BCUT2D eigenvalue weighted by Gasteiger charge is -2.51. The van der Waals surface area contributed by atoms with E-state index < -0.39 is 17.7 Å². The average Bonchev–Trinajstić information content (AvgIpc) is 2.77. The van der Waals surface area contributed by atoms with E-state index in [1.165, 1.54) is 12.1 Å². The fraction of sp³-hybridized carbons (Fsp3) is 0.500. The van der Waals surface area contributed by atoms with Gasteiger partial charge in [0.15, 0.2) is 11.6 Å². The molecule has 0 bridgehead atoms. The van der Waals surface area contributed by atoms with Gasteiger partial charge in [0.25, 0.3) is 0 Å². The molecule has 0 saturated carbocycles. The van der Waals surface area contributed by atoms with Crippen LogP contribution in [0, 0.1) is 11.6 Å². The normalized spacial score (nSPS) is 21.8. The molecular weight excluding hydrogens is 376 g/mol. The van der Waals surface area contributed by atoms with Crippen LogP contribution in [-0.4, -0.2) is 64.8 Å². The summed E-state index contributed by atoms with van der Waals surface area (Å²) < 4.78 is 32.2. The van der Waals surface area contributed by atoms with Gasteiger partial charge >= 0.3 is 0 Å². The summed E-state index contributed by atoms with van der Waals surface area (Å²) in [6, 6.07) is 9.72. The molecule has 1 N–H and O–H groups in total. The highest BCUT2D eigenvalue weighted by Crippen LogP contribution is 2.39. The number of aliphatic hydroxyl groups is 1. The molecule has 7 heteroatoms. The molecule has 0 aliphatic carbocycles. The summed E-state index contributed by atoms with van der Waals surface area (Å²) in [6.45, 7) is 5.04. The quantitative estimate of drug-likeness (QED) is 0.832. The molecule has 0 spiro atoms. The van der Waals surface area contributed by atoms with Crippen LogP contribution >= 0.6 is 0 Å². The third-order valence-corrected chi connectivity index (χ3v) is 6.23. The predicted molar refractivity (Wildman–Crippen MR) is 105 cm³/mol. The Hall–Kier alpha value is -1.93. The Labute approximate surface area is 169 Å². The van der Waals surface area contributed by atoms with Crippen LogP contribution < -0.4 is 0 Å². The van der Waals surface area contributed by atoms with Crippen molar-refractivity contribution in [3.8, 4) is 0 Å². The van der Waals surface area contributed by atoms with E-state index in [1.54, 1.807) is 12.3 Å². The lowest BCUT2D eigenvalue weighted by atomic mass is 9.80. The fourth-order valence-corrected chi connectivity index (χ4v) is 4.55. The minimum Gasteiger partial charge on any atom is -0.385 e.